The van der Waals surface area contributed by atoms with Gasteiger partial charge in [0.1, 0.15) is 0 Å². The number of nitrogens with one attached hydrogen (secondary N) is 1. The summed E-state index contributed by atoms with van der Waals surface area (Å²) in [5.74, 6) is 0.873. The number of hydrogen-bond donors (Lipinski definition) is 1. The van der Waals surface area contributed by atoms with E-state index < -0.39 is 0 Å². The van der Waals surface area contributed by atoms with Gasteiger partial charge < -0.3 is 10.2 Å². The molecule has 96 valence electrons. The van der Waals surface area contributed by atoms with Gasteiger partial charge in [-0.2, -0.15) is 0 Å². The highest BCUT2D eigenvalue weighted by Gasteiger charge is 2.15. The number of hydrogen-bond acceptors (Lipinski definition) is 4. The third kappa shape index (κ3) is 4.44. The van der Waals surface area contributed by atoms with Gasteiger partial charge in [0, 0.05) is 12.7 Å². The summed E-state index contributed by atoms with van der Waals surface area (Å²) in [6.07, 6.45) is 7.44. The minimum absolute atomic E-state index is 0.873. The van der Waals surface area contributed by atoms with Crippen molar-refractivity contribution >= 4 is 0 Å². The van der Waals surface area contributed by atoms with Gasteiger partial charge in [-0.05, 0) is 58.4 Å². The van der Waals surface area contributed by atoms with Crippen molar-refractivity contribution in [1.29, 1.82) is 0 Å². The molecule has 5 nitrogen and oxygen atoms in total. The van der Waals surface area contributed by atoms with Crippen LogP contribution in [0.5, 0.6) is 0 Å². The van der Waals surface area contributed by atoms with Gasteiger partial charge >= 0.3 is 0 Å². The number of piperidine rings is 1. The molecular formula is C12H23N5. The van der Waals surface area contributed by atoms with Crippen LogP contribution in [0.4, 0.5) is 0 Å². The third-order valence-corrected chi connectivity index (χ3v) is 3.48. The zero-order valence-electron chi connectivity index (χ0n) is 10.7. The molecule has 1 N–H and O–H groups in total. The minimum Gasteiger partial charge on any atom is -0.316 e. The number of likely N-dealkylation sites (tertiary alicyclic amines) is 1. The Morgan fingerprint density at radius 2 is 2.18 bits per heavy atom. The van der Waals surface area contributed by atoms with Crippen LogP contribution < -0.4 is 5.32 Å². The molecule has 0 atom stereocenters. The van der Waals surface area contributed by atoms with Crippen molar-refractivity contribution in [3.63, 3.8) is 0 Å². The summed E-state index contributed by atoms with van der Waals surface area (Å²) in [6.45, 7) is 5.72. The van der Waals surface area contributed by atoms with Gasteiger partial charge in [-0.25, -0.2) is 0 Å². The van der Waals surface area contributed by atoms with E-state index in [0.29, 0.717) is 0 Å². The summed E-state index contributed by atoms with van der Waals surface area (Å²) < 4.78 is 1.89. The molecule has 0 bridgehead atoms. The summed E-state index contributed by atoms with van der Waals surface area (Å²) in [5.41, 5.74) is 0. The fourth-order valence-corrected chi connectivity index (χ4v) is 2.29. The van der Waals surface area contributed by atoms with Crippen LogP contribution in [0.3, 0.4) is 0 Å². The molecule has 17 heavy (non-hydrogen) atoms. The van der Waals surface area contributed by atoms with Crippen molar-refractivity contribution in [2.75, 3.05) is 33.2 Å². The maximum absolute atomic E-state index is 3.95. The molecule has 1 fully saturated rings. The summed E-state index contributed by atoms with van der Waals surface area (Å²) >= 11 is 0. The van der Waals surface area contributed by atoms with Crippen LogP contribution in [0, 0.1) is 5.92 Å². The predicted molar refractivity (Wildman–Crippen MR) is 67.7 cm³/mol. The second-order valence-corrected chi connectivity index (χ2v) is 4.97. The smallest absolute Gasteiger partial charge is 0.0692 e. The topological polar surface area (TPSA) is 46.0 Å². The summed E-state index contributed by atoms with van der Waals surface area (Å²) in [6, 6.07) is 0. The molecule has 0 unspecified atom stereocenters. The predicted octanol–water partition coefficient (Wildman–Crippen LogP) is 0.600. The molecule has 1 saturated heterocycles. The zero-order chi connectivity index (χ0) is 11.9. The van der Waals surface area contributed by atoms with E-state index in [2.05, 4.69) is 27.6 Å². The maximum atomic E-state index is 3.95. The Labute approximate surface area is 103 Å². The fourth-order valence-electron chi connectivity index (χ4n) is 2.29. The van der Waals surface area contributed by atoms with Crippen molar-refractivity contribution in [3.05, 3.63) is 12.4 Å². The minimum atomic E-state index is 0.873. The van der Waals surface area contributed by atoms with E-state index in [1.54, 1.807) is 6.20 Å². The van der Waals surface area contributed by atoms with E-state index in [1.807, 2.05) is 10.9 Å². The lowest BCUT2D eigenvalue weighted by molar-refractivity contribution is 0.216. The molecule has 0 amide bonds. The first-order chi connectivity index (χ1) is 8.34. The molecule has 0 spiro atoms. The molecular weight excluding hydrogens is 214 g/mol. The Kier molecular flexibility index (Phi) is 4.94. The maximum Gasteiger partial charge on any atom is 0.0692 e. The van der Waals surface area contributed by atoms with Gasteiger partial charge in [0.25, 0.3) is 0 Å². The standard InChI is InChI=1S/C12H23N5/c1-16-8-3-12(4-9-16)11-13-5-2-7-17-10-6-14-15-17/h6,10,12-13H,2-5,7-9,11H2,1H3. The van der Waals surface area contributed by atoms with Crippen LogP contribution in [0.25, 0.3) is 0 Å². The van der Waals surface area contributed by atoms with Crippen LogP contribution in [0.2, 0.25) is 0 Å². The zero-order valence-corrected chi connectivity index (χ0v) is 10.7. The average Bonchev–Trinajstić information content (AvgIpc) is 2.84. The molecule has 0 saturated carbocycles. The van der Waals surface area contributed by atoms with Crippen LogP contribution in [0.1, 0.15) is 19.3 Å². The molecule has 2 rings (SSSR count). The molecule has 1 aromatic rings. The highest BCUT2D eigenvalue weighted by molar-refractivity contribution is 4.71. The molecule has 1 aliphatic rings. The van der Waals surface area contributed by atoms with E-state index in [4.69, 9.17) is 0 Å². The van der Waals surface area contributed by atoms with Crippen molar-refractivity contribution in [1.82, 2.24) is 25.2 Å². The Hall–Kier alpha value is -0.940. The Balaban J connectivity index is 1.49. The number of aromatic nitrogens is 3. The summed E-state index contributed by atoms with van der Waals surface area (Å²) in [5, 5.41) is 11.3. The SMILES string of the molecule is CN1CCC(CNCCCn2ccnn2)CC1. The van der Waals surface area contributed by atoms with Gasteiger partial charge in [-0.3, -0.25) is 4.68 Å². The molecule has 0 aromatic carbocycles. The second-order valence-electron chi connectivity index (χ2n) is 4.97. The van der Waals surface area contributed by atoms with E-state index in [-0.39, 0.29) is 0 Å². The summed E-state index contributed by atoms with van der Waals surface area (Å²) in [4.78, 5) is 2.42. The van der Waals surface area contributed by atoms with Gasteiger partial charge in [0.05, 0.1) is 6.20 Å². The van der Waals surface area contributed by atoms with Crippen LogP contribution in [-0.4, -0.2) is 53.1 Å². The Bertz CT molecular complexity index is 290. The molecule has 0 radical (unpaired) electrons. The first kappa shape index (κ1) is 12.5. The van der Waals surface area contributed by atoms with Crippen molar-refractivity contribution in [2.45, 2.75) is 25.8 Å². The molecule has 0 aliphatic carbocycles. The van der Waals surface area contributed by atoms with E-state index >= 15 is 0 Å². The van der Waals surface area contributed by atoms with Crippen LogP contribution >= 0.6 is 0 Å². The third-order valence-electron chi connectivity index (χ3n) is 3.48. The monoisotopic (exact) mass is 237 g/mol. The molecule has 1 aliphatic heterocycles. The van der Waals surface area contributed by atoms with Crippen molar-refractivity contribution in [3.8, 4) is 0 Å². The first-order valence-electron chi connectivity index (χ1n) is 6.58. The van der Waals surface area contributed by atoms with Gasteiger partial charge in [-0.1, -0.05) is 5.21 Å². The van der Waals surface area contributed by atoms with Crippen LogP contribution in [-0.2, 0) is 6.54 Å². The number of rotatable bonds is 6. The van der Waals surface area contributed by atoms with Gasteiger partial charge in [0.15, 0.2) is 0 Å². The van der Waals surface area contributed by atoms with E-state index in [0.717, 1.165) is 25.4 Å². The normalized spacial score (nSPS) is 18.6. The fraction of sp³-hybridized carbons (Fsp3) is 0.833. The van der Waals surface area contributed by atoms with Crippen molar-refractivity contribution in [2.24, 2.45) is 5.92 Å². The largest absolute Gasteiger partial charge is 0.316 e. The quantitative estimate of drug-likeness (QED) is 0.736. The Morgan fingerprint density at radius 1 is 1.35 bits per heavy atom. The van der Waals surface area contributed by atoms with Gasteiger partial charge in [0.2, 0.25) is 0 Å². The lowest BCUT2D eigenvalue weighted by Gasteiger charge is -2.29. The average molecular weight is 237 g/mol. The molecule has 5 heteroatoms. The number of nitrogens with zero attached hydrogens (tertiary/aromatic N) is 4. The highest BCUT2D eigenvalue weighted by Crippen LogP contribution is 2.14. The van der Waals surface area contributed by atoms with Gasteiger partial charge in [-0.15, -0.1) is 5.10 Å². The Morgan fingerprint density at radius 3 is 2.88 bits per heavy atom. The van der Waals surface area contributed by atoms with E-state index in [1.165, 1.54) is 32.5 Å². The van der Waals surface area contributed by atoms with Crippen molar-refractivity contribution < 1.29 is 0 Å². The first-order valence-corrected chi connectivity index (χ1v) is 6.58. The second kappa shape index (κ2) is 6.71. The van der Waals surface area contributed by atoms with E-state index in [9.17, 15) is 0 Å². The lowest BCUT2D eigenvalue weighted by Crippen LogP contribution is -2.35. The summed E-state index contributed by atoms with van der Waals surface area (Å²) in [7, 11) is 2.21. The van der Waals surface area contributed by atoms with Crippen LogP contribution in [0.15, 0.2) is 12.4 Å². The molecule has 1 aromatic heterocycles. The lowest BCUT2D eigenvalue weighted by atomic mass is 9.97. The molecule has 2 heterocycles. The number of aryl methyl sites for hydroxylation is 1. The highest BCUT2D eigenvalue weighted by atomic mass is 15.4.